The smallest absolute Gasteiger partial charge is 0.289 e. The molecular formula is C24H22N4O. The number of para-hydroxylation sites is 3. The van der Waals surface area contributed by atoms with Crippen LogP contribution in [0.3, 0.4) is 0 Å². The van der Waals surface area contributed by atoms with E-state index in [0.717, 1.165) is 40.5 Å². The molecule has 0 atom stereocenters. The van der Waals surface area contributed by atoms with E-state index >= 15 is 0 Å². The molecule has 29 heavy (non-hydrogen) atoms. The van der Waals surface area contributed by atoms with Crippen LogP contribution in [0.5, 0.6) is 0 Å². The SMILES string of the molecule is CC(C)C#Cc1nc(Cn2c(=O)n(C3CC3)c3ccccc32)nc2ccccc12. The number of nitrogens with zero attached hydrogens (tertiary/aromatic N) is 4. The van der Waals surface area contributed by atoms with Crippen LogP contribution in [0.25, 0.3) is 21.9 Å². The molecule has 0 spiro atoms. The van der Waals surface area contributed by atoms with E-state index in [1.165, 1.54) is 0 Å². The van der Waals surface area contributed by atoms with Crippen molar-refractivity contribution in [2.24, 2.45) is 5.92 Å². The third kappa shape index (κ3) is 3.21. The van der Waals surface area contributed by atoms with Crippen LogP contribution in [0.1, 0.15) is 44.2 Å². The Labute approximate surface area is 169 Å². The predicted molar refractivity (Wildman–Crippen MR) is 115 cm³/mol. The lowest BCUT2D eigenvalue weighted by Gasteiger charge is -2.06. The van der Waals surface area contributed by atoms with Crippen LogP contribution in [-0.2, 0) is 6.54 Å². The van der Waals surface area contributed by atoms with E-state index in [1.54, 1.807) is 4.57 Å². The van der Waals surface area contributed by atoms with Crippen molar-refractivity contribution in [3.63, 3.8) is 0 Å². The summed E-state index contributed by atoms with van der Waals surface area (Å²) in [6.45, 7) is 4.45. The van der Waals surface area contributed by atoms with Gasteiger partial charge in [-0.1, -0.05) is 44.0 Å². The lowest BCUT2D eigenvalue weighted by Crippen LogP contribution is -2.25. The van der Waals surface area contributed by atoms with Crippen molar-refractivity contribution in [1.29, 1.82) is 0 Å². The highest BCUT2D eigenvalue weighted by molar-refractivity contribution is 5.83. The Bertz CT molecular complexity index is 1350. The summed E-state index contributed by atoms with van der Waals surface area (Å²) in [5, 5.41) is 0.942. The number of fused-ring (bicyclic) bond motifs is 2. The summed E-state index contributed by atoms with van der Waals surface area (Å²) in [6.07, 6.45) is 2.13. The second-order valence-corrected chi connectivity index (χ2v) is 7.89. The Morgan fingerprint density at radius 2 is 1.76 bits per heavy atom. The molecular weight excluding hydrogens is 360 g/mol. The Hall–Kier alpha value is -3.39. The van der Waals surface area contributed by atoms with E-state index in [2.05, 4.69) is 25.7 Å². The number of hydrogen-bond donors (Lipinski definition) is 0. The Balaban J connectivity index is 1.66. The molecule has 1 aliphatic rings. The van der Waals surface area contributed by atoms with E-state index < -0.39 is 0 Å². The standard InChI is InChI=1S/C24H22N4O/c1-16(2)11-14-20-18-7-3-4-8-19(18)25-23(26-20)15-27-21-9-5-6-10-22(21)28(24(27)29)17-12-13-17/h3-10,16-17H,12-13,15H2,1-2H3. The minimum absolute atomic E-state index is 0.0141. The number of aromatic nitrogens is 4. The molecule has 0 unspecified atom stereocenters. The molecule has 1 aliphatic carbocycles. The average Bonchev–Trinajstić information content (AvgIpc) is 3.52. The van der Waals surface area contributed by atoms with Crippen molar-refractivity contribution in [2.75, 3.05) is 0 Å². The third-order valence-electron chi connectivity index (χ3n) is 5.21. The molecule has 0 bridgehead atoms. The van der Waals surface area contributed by atoms with Gasteiger partial charge in [0.25, 0.3) is 0 Å². The molecule has 1 saturated carbocycles. The summed E-state index contributed by atoms with van der Waals surface area (Å²) in [7, 11) is 0. The lowest BCUT2D eigenvalue weighted by molar-refractivity contribution is 0.659. The van der Waals surface area contributed by atoms with Crippen LogP contribution in [0, 0.1) is 17.8 Å². The predicted octanol–water partition coefficient (Wildman–Crippen LogP) is 4.14. The first kappa shape index (κ1) is 17.7. The average molecular weight is 382 g/mol. The zero-order chi connectivity index (χ0) is 20.0. The number of rotatable bonds is 3. The maximum Gasteiger partial charge on any atom is 0.329 e. The molecule has 144 valence electrons. The largest absolute Gasteiger partial charge is 0.329 e. The second-order valence-electron chi connectivity index (χ2n) is 7.89. The first-order valence-corrected chi connectivity index (χ1v) is 10.1. The van der Waals surface area contributed by atoms with Crippen LogP contribution in [-0.4, -0.2) is 19.1 Å². The van der Waals surface area contributed by atoms with Gasteiger partial charge in [-0.25, -0.2) is 14.8 Å². The van der Waals surface area contributed by atoms with Crippen LogP contribution in [0.2, 0.25) is 0 Å². The molecule has 5 heteroatoms. The first-order chi connectivity index (χ1) is 14.1. The van der Waals surface area contributed by atoms with Crippen molar-refractivity contribution < 1.29 is 0 Å². The zero-order valence-electron chi connectivity index (χ0n) is 16.6. The van der Waals surface area contributed by atoms with Crippen molar-refractivity contribution >= 4 is 21.9 Å². The van der Waals surface area contributed by atoms with Crippen LogP contribution in [0.15, 0.2) is 53.3 Å². The Morgan fingerprint density at radius 3 is 2.52 bits per heavy atom. The second kappa shape index (κ2) is 6.89. The normalized spacial score (nSPS) is 13.8. The highest BCUT2D eigenvalue weighted by Gasteiger charge is 2.28. The van der Waals surface area contributed by atoms with Crippen molar-refractivity contribution in [3.8, 4) is 11.8 Å². The minimum Gasteiger partial charge on any atom is -0.289 e. The van der Waals surface area contributed by atoms with Crippen LogP contribution >= 0.6 is 0 Å². The van der Waals surface area contributed by atoms with E-state index in [4.69, 9.17) is 9.97 Å². The fraction of sp³-hybridized carbons (Fsp3) is 0.292. The Morgan fingerprint density at radius 1 is 1.03 bits per heavy atom. The summed E-state index contributed by atoms with van der Waals surface area (Å²) in [4.78, 5) is 22.6. The highest BCUT2D eigenvalue weighted by atomic mass is 16.1. The molecule has 2 aromatic heterocycles. The zero-order valence-corrected chi connectivity index (χ0v) is 16.6. The molecule has 5 nitrogen and oxygen atoms in total. The van der Waals surface area contributed by atoms with Crippen LogP contribution < -0.4 is 5.69 Å². The van der Waals surface area contributed by atoms with Gasteiger partial charge < -0.3 is 0 Å². The van der Waals surface area contributed by atoms with E-state index in [9.17, 15) is 4.79 Å². The van der Waals surface area contributed by atoms with E-state index in [0.29, 0.717) is 18.4 Å². The third-order valence-corrected chi connectivity index (χ3v) is 5.21. The molecule has 0 N–H and O–H groups in total. The van der Waals surface area contributed by atoms with Gasteiger partial charge in [0.05, 0.1) is 23.1 Å². The monoisotopic (exact) mass is 382 g/mol. The summed E-state index contributed by atoms with van der Waals surface area (Å²) in [6, 6.07) is 16.2. The fourth-order valence-corrected chi connectivity index (χ4v) is 3.72. The molecule has 0 amide bonds. The van der Waals surface area contributed by atoms with Crippen LogP contribution in [0.4, 0.5) is 0 Å². The van der Waals surface area contributed by atoms with Gasteiger partial charge in [-0.05, 0) is 43.0 Å². The summed E-state index contributed by atoms with van der Waals surface area (Å²) >= 11 is 0. The Kier molecular flexibility index (Phi) is 4.21. The molecule has 5 rings (SSSR count). The van der Waals surface area contributed by atoms with Crippen molar-refractivity contribution in [3.05, 3.63) is 70.5 Å². The van der Waals surface area contributed by atoms with Gasteiger partial charge in [0.15, 0.2) is 0 Å². The highest BCUT2D eigenvalue weighted by Crippen LogP contribution is 2.36. The molecule has 0 radical (unpaired) electrons. The maximum atomic E-state index is 13.2. The van der Waals surface area contributed by atoms with Gasteiger partial charge in [-0.3, -0.25) is 9.13 Å². The fourth-order valence-electron chi connectivity index (χ4n) is 3.72. The van der Waals surface area contributed by atoms with Gasteiger partial charge in [0, 0.05) is 17.3 Å². The maximum absolute atomic E-state index is 13.2. The molecule has 0 aliphatic heterocycles. The van der Waals surface area contributed by atoms with E-state index in [1.807, 2.05) is 53.1 Å². The number of imidazole rings is 1. The summed E-state index contributed by atoms with van der Waals surface area (Å²) in [5.74, 6) is 7.27. The quantitative estimate of drug-likeness (QED) is 0.501. The molecule has 1 fully saturated rings. The van der Waals surface area contributed by atoms with Gasteiger partial charge in [-0.15, -0.1) is 0 Å². The van der Waals surface area contributed by atoms with Gasteiger partial charge in [-0.2, -0.15) is 0 Å². The van der Waals surface area contributed by atoms with E-state index in [-0.39, 0.29) is 11.6 Å². The topological polar surface area (TPSA) is 52.7 Å². The summed E-state index contributed by atoms with van der Waals surface area (Å²) < 4.78 is 3.72. The van der Waals surface area contributed by atoms with Crippen molar-refractivity contribution in [1.82, 2.24) is 19.1 Å². The molecule has 0 saturated heterocycles. The molecule has 4 aromatic rings. The summed E-state index contributed by atoms with van der Waals surface area (Å²) in [5.41, 5.74) is 3.50. The number of hydrogen-bond acceptors (Lipinski definition) is 3. The molecule has 2 heterocycles. The first-order valence-electron chi connectivity index (χ1n) is 10.1. The molecule has 2 aromatic carbocycles. The number of benzene rings is 2. The van der Waals surface area contributed by atoms with Gasteiger partial charge in [0.2, 0.25) is 0 Å². The van der Waals surface area contributed by atoms with Gasteiger partial charge in [0.1, 0.15) is 11.5 Å². The lowest BCUT2D eigenvalue weighted by atomic mass is 10.1. The van der Waals surface area contributed by atoms with Crippen molar-refractivity contribution in [2.45, 2.75) is 39.3 Å². The minimum atomic E-state index is 0.0141. The van der Waals surface area contributed by atoms with Gasteiger partial charge >= 0.3 is 5.69 Å².